The largest absolute Gasteiger partial charge is 0.354 e. The van der Waals surface area contributed by atoms with Gasteiger partial charge in [-0.1, -0.05) is 24.8 Å². The van der Waals surface area contributed by atoms with Crippen molar-refractivity contribution in [1.82, 2.24) is 15.0 Å². The van der Waals surface area contributed by atoms with Crippen molar-refractivity contribution in [2.75, 3.05) is 0 Å². The smallest absolute Gasteiger partial charge is 0.0994 e. The number of hydrogen-bond donors (Lipinski definition) is 1. The zero-order valence-electron chi connectivity index (χ0n) is 10.2. The zero-order chi connectivity index (χ0) is 12.8. The van der Waals surface area contributed by atoms with E-state index in [-0.39, 0.29) is 0 Å². The highest BCUT2D eigenvalue weighted by Crippen LogP contribution is 2.30. The number of benzene rings is 2. The molecule has 19 heavy (non-hydrogen) atoms. The van der Waals surface area contributed by atoms with E-state index in [1.54, 1.807) is 12.3 Å². The van der Waals surface area contributed by atoms with Gasteiger partial charge in [0.1, 0.15) is 0 Å². The Hall–Kier alpha value is -2.68. The minimum absolute atomic E-state index is 0.797. The van der Waals surface area contributed by atoms with Crippen LogP contribution in [0.4, 0.5) is 0 Å². The maximum absolute atomic E-state index is 4.64. The molecule has 90 valence electrons. The first-order valence-electron chi connectivity index (χ1n) is 6.15. The summed E-state index contributed by atoms with van der Waals surface area (Å²) in [6, 6.07) is 12.3. The molecule has 3 heteroatoms. The highest BCUT2D eigenvalue weighted by Gasteiger charge is 2.09. The zero-order valence-corrected chi connectivity index (χ0v) is 10.2. The summed E-state index contributed by atoms with van der Waals surface area (Å²) in [5, 5.41) is 2.31. The van der Waals surface area contributed by atoms with Crippen molar-refractivity contribution in [3.63, 3.8) is 0 Å². The van der Waals surface area contributed by atoms with E-state index >= 15 is 0 Å². The summed E-state index contributed by atoms with van der Waals surface area (Å²) in [5.41, 5.74) is 4.83. The van der Waals surface area contributed by atoms with Crippen molar-refractivity contribution < 1.29 is 0 Å². The first-order valence-corrected chi connectivity index (χ1v) is 6.15. The van der Waals surface area contributed by atoms with Crippen LogP contribution in [0.25, 0.3) is 38.9 Å². The Balaban J connectivity index is 2.30. The molecule has 2 aromatic heterocycles. The predicted octanol–water partition coefficient (Wildman–Crippen LogP) is 3.91. The minimum Gasteiger partial charge on any atom is -0.354 e. The second-order valence-electron chi connectivity index (χ2n) is 4.53. The molecule has 0 saturated heterocycles. The van der Waals surface area contributed by atoms with Crippen LogP contribution in [0.1, 0.15) is 5.69 Å². The molecule has 0 radical (unpaired) electrons. The summed E-state index contributed by atoms with van der Waals surface area (Å²) in [4.78, 5) is 12.5. The van der Waals surface area contributed by atoms with Crippen LogP contribution in [0.5, 0.6) is 0 Å². The number of nitrogens with one attached hydrogen (secondary N) is 1. The lowest BCUT2D eigenvalue weighted by Crippen LogP contribution is -1.87. The number of hydrogen-bond acceptors (Lipinski definition) is 2. The highest BCUT2D eigenvalue weighted by molar-refractivity contribution is 6.18. The molecular formula is C16H11N3. The van der Waals surface area contributed by atoms with Crippen molar-refractivity contribution in [3.8, 4) is 0 Å². The minimum atomic E-state index is 0.797. The SMILES string of the molecule is C=Cc1cnc2ccc3[nH]c4ccccc4c3c2n1. The van der Waals surface area contributed by atoms with Gasteiger partial charge in [0.2, 0.25) is 0 Å². The Bertz CT molecular complexity index is 935. The Labute approximate surface area is 109 Å². The third-order valence-corrected chi connectivity index (χ3v) is 3.41. The van der Waals surface area contributed by atoms with Gasteiger partial charge in [0.25, 0.3) is 0 Å². The van der Waals surface area contributed by atoms with Gasteiger partial charge in [-0.05, 0) is 24.3 Å². The average molecular weight is 245 g/mol. The first-order chi connectivity index (χ1) is 9.36. The maximum Gasteiger partial charge on any atom is 0.0994 e. The topological polar surface area (TPSA) is 41.6 Å². The van der Waals surface area contributed by atoms with Gasteiger partial charge < -0.3 is 4.98 Å². The molecular weight excluding hydrogens is 234 g/mol. The fourth-order valence-corrected chi connectivity index (χ4v) is 2.52. The molecule has 1 N–H and O–H groups in total. The van der Waals surface area contributed by atoms with Crippen LogP contribution in [0.3, 0.4) is 0 Å². The number of nitrogens with zero attached hydrogens (tertiary/aromatic N) is 2. The molecule has 0 saturated carbocycles. The number of para-hydroxylation sites is 1. The lowest BCUT2D eigenvalue weighted by molar-refractivity contribution is 1.28. The van der Waals surface area contributed by atoms with Gasteiger partial charge in [0.05, 0.1) is 22.9 Å². The van der Waals surface area contributed by atoms with E-state index in [2.05, 4.69) is 39.7 Å². The van der Waals surface area contributed by atoms with Gasteiger partial charge in [0.15, 0.2) is 0 Å². The molecule has 0 atom stereocenters. The molecule has 0 spiro atoms. The number of fused-ring (bicyclic) bond motifs is 5. The van der Waals surface area contributed by atoms with E-state index < -0.39 is 0 Å². The van der Waals surface area contributed by atoms with Crippen molar-refractivity contribution in [2.45, 2.75) is 0 Å². The normalized spacial score (nSPS) is 11.4. The van der Waals surface area contributed by atoms with Crippen molar-refractivity contribution in [1.29, 1.82) is 0 Å². The van der Waals surface area contributed by atoms with E-state index in [4.69, 9.17) is 0 Å². The second-order valence-corrected chi connectivity index (χ2v) is 4.53. The Kier molecular flexibility index (Phi) is 1.97. The van der Waals surface area contributed by atoms with Crippen LogP contribution in [0.2, 0.25) is 0 Å². The molecule has 2 aromatic carbocycles. The van der Waals surface area contributed by atoms with Crippen molar-refractivity contribution in [3.05, 3.63) is 54.9 Å². The Morgan fingerprint density at radius 3 is 2.84 bits per heavy atom. The average Bonchev–Trinajstić information content (AvgIpc) is 2.85. The summed E-state index contributed by atoms with van der Waals surface area (Å²) in [6.45, 7) is 3.76. The van der Waals surface area contributed by atoms with E-state index in [1.165, 1.54) is 5.39 Å². The molecule has 0 aliphatic rings. The predicted molar refractivity (Wildman–Crippen MR) is 79.0 cm³/mol. The van der Waals surface area contributed by atoms with Crippen LogP contribution in [0.15, 0.2) is 49.2 Å². The van der Waals surface area contributed by atoms with Gasteiger partial charge in [0, 0.05) is 21.8 Å². The van der Waals surface area contributed by atoms with Crippen molar-refractivity contribution >= 4 is 38.9 Å². The number of H-pyrrole nitrogens is 1. The van der Waals surface area contributed by atoms with E-state index in [0.29, 0.717) is 0 Å². The Morgan fingerprint density at radius 2 is 1.95 bits per heavy atom. The number of aromatic nitrogens is 3. The molecule has 2 heterocycles. The fraction of sp³-hybridized carbons (Fsp3) is 0. The summed E-state index contributed by atoms with van der Waals surface area (Å²) >= 11 is 0. The molecule has 0 fully saturated rings. The number of aromatic amines is 1. The highest BCUT2D eigenvalue weighted by atomic mass is 14.8. The standard InChI is InChI=1S/C16H11N3/c1-2-10-9-17-14-8-7-13-15(16(14)18-10)11-5-3-4-6-12(11)19-13/h2-9,19H,1H2. The monoisotopic (exact) mass is 245 g/mol. The molecule has 4 rings (SSSR count). The molecule has 0 unspecified atom stereocenters. The maximum atomic E-state index is 4.64. The molecule has 0 amide bonds. The van der Waals surface area contributed by atoms with E-state index in [1.807, 2.05) is 18.2 Å². The third kappa shape index (κ3) is 1.38. The van der Waals surface area contributed by atoms with Gasteiger partial charge in [-0.3, -0.25) is 4.98 Å². The van der Waals surface area contributed by atoms with Gasteiger partial charge in [-0.15, -0.1) is 0 Å². The lowest BCUT2D eigenvalue weighted by atomic mass is 10.1. The fourth-order valence-electron chi connectivity index (χ4n) is 2.52. The van der Waals surface area contributed by atoms with Crippen molar-refractivity contribution in [2.24, 2.45) is 0 Å². The molecule has 0 aliphatic heterocycles. The summed E-state index contributed by atoms with van der Waals surface area (Å²) in [5.74, 6) is 0. The third-order valence-electron chi connectivity index (χ3n) is 3.41. The summed E-state index contributed by atoms with van der Waals surface area (Å²) in [7, 11) is 0. The summed E-state index contributed by atoms with van der Waals surface area (Å²) < 4.78 is 0. The summed E-state index contributed by atoms with van der Waals surface area (Å²) in [6.07, 6.45) is 3.47. The van der Waals surface area contributed by atoms with Gasteiger partial charge >= 0.3 is 0 Å². The number of rotatable bonds is 1. The molecule has 0 bridgehead atoms. The lowest BCUT2D eigenvalue weighted by Gasteiger charge is -2.00. The van der Waals surface area contributed by atoms with Crippen LogP contribution >= 0.6 is 0 Å². The van der Waals surface area contributed by atoms with Crippen LogP contribution in [-0.4, -0.2) is 15.0 Å². The van der Waals surface area contributed by atoms with E-state index in [0.717, 1.165) is 33.1 Å². The van der Waals surface area contributed by atoms with Gasteiger partial charge in [-0.25, -0.2) is 4.98 Å². The quantitative estimate of drug-likeness (QED) is 0.552. The van der Waals surface area contributed by atoms with Crippen LogP contribution < -0.4 is 0 Å². The Morgan fingerprint density at radius 1 is 1.05 bits per heavy atom. The first kappa shape index (κ1) is 10.3. The molecule has 4 aromatic rings. The van der Waals surface area contributed by atoms with E-state index in [9.17, 15) is 0 Å². The second kappa shape index (κ2) is 3.65. The van der Waals surface area contributed by atoms with Gasteiger partial charge in [-0.2, -0.15) is 0 Å². The van der Waals surface area contributed by atoms with Crippen LogP contribution in [0, 0.1) is 0 Å². The molecule has 0 aliphatic carbocycles. The van der Waals surface area contributed by atoms with Crippen LogP contribution in [-0.2, 0) is 0 Å². The molecule has 3 nitrogen and oxygen atoms in total.